The fraction of sp³-hybridized carbons (Fsp3) is 0.444. The minimum atomic E-state index is -1.10. The molecule has 1 heterocycles. The lowest BCUT2D eigenvalue weighted by Gasteiger charge is -2.27. The molecule has 25 heavy (non-hydrogen) atoms. The fourth-order valence-electron chi connectivity index (χ4n) is 2.48. The number of hydrogen-bond donors (Lipinski definition) is 1. The van der Waals surface area contributed by atoms with Crippen LogP contribution >= 0.6 is 0 Å². The first-order chi connectivity index (χ1) is 12.0. The molecular formula is C18H24N2O5. The molecule has 0 aliphatic heterocycles. The lowest BCUT2D eigenvalue weighted by molar-refractivity contribution is 0.0690. The molecule has 0 bridgehead atoms. The first-order valence-electron chi connectivity index (χ1n) is 8.11. The molecule has 1 aromatic heterocycles. The summed E-state index contributed by atoms with van der Waals surface area (Å²) in [4.78, 5) is 17.1. The number of rotatable bonds is 9. The molecule has 0 fully saturated rings. The Bertz CT molecular complexity index is 713. The Morgan fingerprint density at radius 3 is 2.64 bits per heavy atom. The monoisotopic (exact) mass is 348 g/mol. The molecule has 0 amide bonds. The van der Waals surface area contributed by atoms with E-state index in [2.05, 4.69) is 23.7 Å². The molecule has 136 valence electrons. The first kappa shape index (κ1) is 18.8. The van der Waals surface area contributed by atoms with Gasteiger partial charge < -0.3 is 19.0 Å². The first-order valence-corrected chi connectivity index (χ1v) is 8.11. The molecule has 1 atom stereocenters. The molecule has 2 aromatic rings. The van der Waals surface area contributed by atoms with E-state index >= 15 is 0 Å². The lowest BCUT2D eigenvalue weighted by Crippen LogP contribution is -2.32. The van der Waals surface area contributed by atoms with Gasteiger partial charge in [0.25, 0.3) is 0 Å². The highest BCUT2D eigenvalue weighted by Crippen LogP contribution is 2.27. The summed E-state index contributed by atoms with van der Waals surface area (Å²) < 4.78 is 16.0. The van der Waals surface area contributed by atoms with Crippen LogP contribution in [0.1, 0.15) is 42.2 Å². The van der Waals surface area contributed by atoms with E-state index in [1.165, 1.54) is 6.26 Å². The number of aromatic nitrogens is 1. The molecule has 0 aliphatic rings. The van der Waals surface area contributed by atoms with Crippen LogP contribution in [-0.2, 0) is 13.1 Å². The summed E-state index contributed by atoms with van der Waals surface area (Å²) in [5, 5.41) is 8.98. The maximum Gasteiger partial charge on any atom is 0.357 e. The largest absolute Gasteiger partial charge is 0.497 e. The van der Waals surface area contributed by atoms with Gasteiger partial charge in [-0.3, -0.25) is 4.90 Å². The van der Waals surface area contributed by atoms with Crippen molar-refractivity contribution in [3.63, 3.8) is 0 Å². The number of carbonyl (C=O) groups is 1. The zero-order valence-electron chi connectivity index (χ0n) is 15.0. The summed E-state index contributed by atoms with van der Waals surface area (Å²) in [6, 6.07) is 5.95. The quantitative estimate of drug-likeness (QED) is 0.745. The Labute approximate surface area is 147 Å². The van der Waals surface area contributed by atoms with Crippen LogP contribution in [0.2, 0.25) is 0 Å². The van der Waals surface area contributed by atoms with Gasteiger partial charge in [-0.15, -0.1) is 0 Å². The summed E-state index contributed by atoms with van der Waals surface area (Å²) in [5.41, 5.74) is 0.926. The standard InChI is InChI=1S/C18H24N2O5/c1-5-12(2)20(10-17-19-15(11-25-17)18(21)22)9-13-6-7-14(23-3)8-16(13)24-4/h6-8,11-12H,5,9-10H2,1-4H3,(H,21,22). The van der Waals surface area contributed by atoms with Crippen molar-refractivity contribution in [3.8, 4) is 11.5 Å². The van der Waals surface area contributed by atoms with Crippen LogP contribution in [0.4, 0.5) is 0 Å². The number of aromatic carboxylic acids is 1. The zero-order valence-corrected chi connectivity index (χ0v) is 15.0. The lowest BCUT2D eigenvalue weighted by atomic mass is 10.1. The number of benzene rings is 1. The minimum Gasteiger partial charge on any atom is -0.497 e. The molecule has 0 radical (unpaired) electrons. The zero-order chi connectivity index (χ0) is 18.4. The van der Waals surface area contributed by atoms with Gasteiger partial charge >= 0.3 is 5.97 Å². The Morgan fingerprint density at radius 2 is 2.08 bits per heavy atom. The van der Waals surface area contributed by atoms with Crippen LogP contribution in [0.15, 0.2) is 28.9 Å². The Kier molecular flexibility index (Phi) is 6.41. The molecule has 0 saturated carbocycles. The van der Waals surface area contributed by atoms with Crippen LogP contribution in [0, 0.1) is 0 Å². The molecule has 1 aromatic carbocycles. The molecule has 7 nitrogen and oxygen atoms in total. The highest BCUT2D eigenvalue weighted by Gasteiger charge is 2.19. The van der Waals surface area contributed by atoms with Crippen LogP contribution in [0.25, 0.3) is 0 Å². The highest BCUT2D eigenvalue weighted by molar-refractivity contribution is 5.84. The smallest absolute Gasteiger partial charge is 0.357 e. The van der Waals surface area contributed by atoms with Gasteiger partial charge in [0.05, 0.1) is 20.8 Å². The van der Waals surface area contributed by atoms with Crippen LogP contribution in [0.3, 0.4) is 0 Å². The van der Waals surface area contributed by atoms with Crippen LogP contribution in [0.5, 0.6) is 11.5 Å². The second-order valence-corrected chi connectivity index (χ2v) is 5.77. The van der Waals surface area contributed by atoms with Gasteiger partial charge in [0.15, 0.2) is 5.69 Å². The molecule has 0 aliphatic carbocycles. The van der Waals surface area contributed by atoms with E-state index in [1.807, 2.05) is 18.2 Å². The third-order valence-corrected chi connectivity index (χ3v) is 4.19. The molecular weight excluding hydrogens is 324 g/mol. The van der Waals surface area contributed by atoms with Gasteiger partial charge in [0.1, 0.15) is 17.8 Å². The Balaban J connectivity index is 2.21. The molecule has 1 unspecified atom stereocenters. The van der Waals surface area contributed by atoms with E-state index in [0.717, 1.165) is 23.5 Å². The molecule has 2 rings (SSSR count). The summed E-state index contributed by atoms with van der Waals surface area (Å²) in [7, 11) is 3.24. The SMILES string of the molecule is CCC(C)N(Cc1nc(C(=O)O)co1)Cc1ccc(OC)cc1OC. The maximum atomic E-state index is 11.0. The number of carboxylic acid groups (broad SMARTS) is 1. The van der Waals surface area contributed by atoms with E-state index < -0.39 is 5.97 Å². The van der Waals surface area contributed by atoms with Gasteiger partial charge in [-0.25, -0.2) is 9.78 Å². The van der Waals surface area contributed by atoms with Gasteiger partial charge in [-0.2, -0.15) is 0 Å². The number of carboxylic acids is 1. The van der Waals surface area contributed by atoms with Gasteiger partial charge in [0.2, 0.25) is 5.89 Å². The van der Waals surface area contributed by atoms with Gasteiger partial charge in [-0.1, -0.05) is 13.0 Å². The van der Waals surface area contributed by atoms with Crippen molar-refractivity contribution >= 4 is 5.97 Å². The second-order valence-electron chi connectivity index (χ2n) is 5.77. The molecule has 0 spiro atoms. The molecule has 7 heteroatoms. The Morgan fingerprint density at radius 1 is 1.32 bits per heavy atom. The van der Waals surface area contributed by atoms with Crippen molar-refractivity contribution in [1.29, 1.82) is 0 Å². The van der Waals surface area contributed by atoms with Crippen molar-refractivity contribution in [2.75, 3.05) is 14.2 Å². The van der Waals surface area contributed by atoms with Crippen molar-refractivity contribution in [2.45, 2.75) is 39.4 Å². The van der Waals surface area contributed by atoms with Crippen molar-refractivity contribution < 1.29 is 23.8 Å². The van der Waals surface area contributed by atoms with Crippen molar-refractivity contribution in [3.05, 3.63) is 41.6 Å². The highest BCUT2D eigenvalue weighted by atomic mass is 16.5. The summed E-state index contributed by atoms with van der Waals surface area (Å²) in [6.45, 7) is 5.24. The van der Waals surface area contributed by atoms with Crippen LogP contribution in [-0.4, -0.2) is 41.2 Å². The van der Waals surface area contributed by atoms with Gasteiger partial charge in [0, 0.05) is 24.2 Å². The number of nitrogens with zero attached hydrogens (tertiary/aromatic N) is 2. The normalized spacial score (nSPS) is 12.2. The predicted octanol–water partition coefficient (Wildman–Crippen LogP) is 3.19. The van der Waals surface area contributed by atoms with E-state index in [4.69, 9.17) is 19.0 Å². The predicted molar refractivity (Wildman–Crippen MR) is 92.0 cm³/mol. The topological polar surface area (TPSA) is 85.0 Å². The van der Waals surface area contributed by atoms with E-state index in [9.17, 15) is 4.79 Å². The number of ether oxygens (including phenoxy) is 2. The van der Waals surface area contributed by atoms with Crippen LogP contribution < -0.4 is 9.47 Å². The molecule has 1 N–H and O–H groups in total. The fourth-order valence-corrected chi connectivity index (χ4v) is 2.48. The average molecular weight is 348 g/mol. The third kappa shape index (κ3) is 4.73. The third-order valence-electron chi connectivity index (χ3n) is 4.19. The maximum absolute atomic E-state index is 11.0. The van der Waals surface area contributed by atoms with Crippen molar-refractivity contribution in [1.82, 2.24) is 9.88 Å². The number of oxazole rings is 1. The van der Waals surface area contributed by atoms with E-state index in [-0.39, 0.29) is 11.7 Å². The summed E-state index contributed by atoms with van der Waals surface area (Å²) in [6.07, 6.45) is 2.10. The second kappa shape index (κ2) is 8.53. The molecule has 0 saturated heterocycles. The van der Waals surface area contributed by atoms with E-state index in [1.54, 1.807) is 14.2 Å². The Hall–Kier alpha value is -2.54. The summed E-state index contributed by atoms with van der Waals surface area (Å²) in [5.74, 6) is 0.757. The number of hydrogen-bond acceptors (Lipinski definition) is 6. The van der Waals surface area contributed by atoms with Crippen molar-refractivity contribution in [2.24, 2.45) is 0 Å². The minimum absolute atomic E-state index is 0.0823. The summed E-state index contributed by atoms with van der Waals surface area (Å²) >= 11 is 0. The van der Waals surface area contributed by atoms with Gasteiger partial charge in [-0.05, 0) is 19.4 Å². The average Bonchev–Trinajstić information content (AvgIpc) is 3.09. The van der Waals surface area contributed by atoms with E-state index in [0.29, 0.717) is 19.0 Å². The number of methoxy groups -OCH3 is 2.